The number of nitrogens with zero attached hydrogens (tertiary/aromatic N) is 3. The van der Waals surface area contributed by atoms with Gasteiger partial charge in [0, 0.05) is 50.6 Å². The van der Waals surface area contributed by atoms with Crippen LogP contribution in [0.4, 0.5) is 39.8 Å². The van der Waals surface area contributed by atoms with Crippen LogP contribution in [-0.2, 0) is 28.2 Å². The van der Waals surface area contributed by atoms with E-state index in [-0.39, 0.29) is 34.0 Å². The number of fused-ring (bicyclic) bond motifs is 12. The maximum atomic E-state index is 2.93. The predicted molar refractivity (Wildman–Crippen MR) is 296 cm³/mol. The van der Waals surface area contributed by atoms with E-state index >= 15 is 0 Å². The van der Waals surface area contributed by atoms with Crippen molar-refractivity contribution in [2.24, 2.45) is 0 Å². The van der Waals surface area contributed by atoms with Crippen LogP contribution in [0.1, 0.15) is 108 Å². The van der Waals surface area contributed by atoms with Gasteiger partial charge in [-0.3, -0.25) is 0 Å². The third-order valence-corrected chi connectivity index (χ3v) is 19.2. The fourth-order valence-electron chi connectivity index (χ4n) is 15.1. The van der Waals surface area contributed by atoms with Crippen LogP contribution in [0.15, 0.2) is 176 Å². The molecule has 1 saturated carbocycles. The van der Waals surface area contributed by atoms with Crippen LogP contribution in [-0.4, -0.2) is 12.3 Å². The van der Waals surface area contributed by atoms with Gasteiger partial charge in [0.2, 0.25) is 0 Å². The summed E-state index contributed by atoms with van der Waals surface area (Å²) in [5, 5.41) is 0. The number of hydrogen-bond donors (Lipinski definition) is 0. The van der Waals surface area contributed by atoms with Gasteiger partial charge in [-0.15, -0.1) is 0 Å². The Bertz CT molecular complexity index is 3480. The lowest BCUT2D eigenvalue weighted by molar-refractivity contribution is 0.195. The summed E-state index contributed by atoms with van der Waals surface area (Å²) < 4.78 is 0. The molecule has 14 rings (SSSR count). The Morgan fingerprint density at radius 1 is 0.457 bits per heavy atom. The van der Waals surface area contributed by atoms with E-state index < -0.39 is 0 Å². The lowest BCUT2D eigenvalue weighted by atomic mass is 9.33. The molecule has 0 amide bonds. The molecule has 0 N–H and O–H groups in total. The molecule has 4 atom stereocenters. The SMILES string of the molecule is CC(C)(C)c1cc2c3c(c1)C1(C)CCCCC1(C)N3c1cc(N3c4ccccc4C4(C)CCc5ccccc5C34C)cc3c1B2c1ccc(-c2ccccc2)cc1N3c1cccc(-c2ccccc2)c1. The summed E-state index contributed by atoms with van der Waals surface area (Å²) in [5.74, 6) is 0. The maximum absolute atomic E-state index is 2.93. The Hall–Kier alpha value is -6.78. The Balaban J connectivity index is 1.13. The topological polar surface area (TPSA) is 9.72 Å². The van der Waals surface area contributed by atoms with E-state index in [1.807, 2.05) is 0 Å². The first-order valence-electron chi connectivity index (χ1n) is 26.1. The molecule has 0 bridgehead atoms. The van der Waals surface area contributed by atoms with E-state index in [0.29, 0.717) is 0 Å². The monoisotopic (exact) mass is 908 g/mol. The Labute approximate surface area is 415 Å². The van der Waals surface area contributed by atoms with Crippen LogP contribution >= 0.6 is 0 Å². The van der Waals surface area contributed by atoms with Crippen molar-refractivity contribution in [3.8, 4) is 22.3 Å². The third-order valence-electron chi connectivity index (χ3n) is 19.2. The summed E-state index contributed by atoms with van der Waals surface area (Å²) in [4.78, 5) is 8.41. The maximum Gasteiger partial charge on any atom is 0.252 e. The standard InChI is InChI=1S/C66H62BN3/c1-62(2,3)48-39-53-61-55(40-48)67-54-32-31-47(44-23-12-9-13-24-44)38-57(54)68(49-27-20-26-46(37-49)43-21-10-8-11-22-43)58-41-50(42-59(60(58)67)70(61)65(6)35-19-18-34-63(53,65)4)69-56-30-17-16-29-52(56)64(5)36-33-45-25-14-15-28-51(45)66(64,69)7/h8-17,20-32,37-42H,18-19,33-36H2,1-7H3. The molecule has 0 radical (unpaired) electrons. The van der Waals surface area contributed by atoms with E-state index in [0.717, 1.165) is 19.3 Å². The third kappa shape index (κ3) is 5.38. The quantitative estimate of drug-likeness (QED) is 0.163. The van der Waals surface area contributed by atoms with Crippen molar-refractivity contribution in [1.82, 2.24) is 0 Å². The van der Waals surface area contributed by atoms with Gasteiger partial charge in [-0.25, -0.2) is 0 Å². The first kappa shape index (κ1) is 42.1. The molecule has 8 aromatic carbocycles. The second-order valence-electron chi connectivity index (χ2n) is 23.5. The second-order valence-corrected chi connectivity index (χ2v) is 23.5. The van der Waals surface area contributed by atoms with E-state index in [1.165, 1.54) is 120 Å². The highest BCUT2D eigenvalue weighted by atomic mass is 15.3. The molecule has 0 spiro atoms. The zero-order chi connectivity index (χ0) is 47.5. The molecule has 4 heteroatoms. The number of hydrogen-bond acceptors (Lipinski definition) is 3. The van der Waals surface area contributed by atoms with Gasteiger partial charge in [0.05, 0.1) is 11.1 Å². The van der Waals surface area contributed by atoms with Crippen molar-refractivity contribution in [3.05, 3.63) is 204 Å². The van der Waals surface area contributed by atoms with Gasteiger partial charge in [-0.2, -0.15) is 0 Å². The van der Waals surface area contributed by atoms with E-state index in [1.54, 1.807) is 5.56 Å². The molecule has 344 valence electrons. The molecular weight excluding hydrogens is 846 g/mol. The molecule has 4 heterocycles. The molecule has 2 aliphatic carbocycles. The number of aryl methyl sites for hydroxylation is 1. The first-order valence-corrected chi connectivity index (χ1v) is 26.1. The molecule has 0 saturated heterocycles. The summed E-state index contributed by atoms with van der Waals surface area (Å²) in [6, 6.07) is 68.1. The number of para-hydroxylation sites is 1. The van der Waals surface area contributed by atoms with Crippen LogP contribution in [0.25, 0.3) is 22.3 Å². The van der Waals surface area contributed by atoms with Crippen molar-refractivity contribution in [1.29, 1.82) is 0 Å². The van der Waals surface area contributed by atoms with Crippen LogP contribution in [0, 0.1) is 0 Å². The van der Waals surface area contributed by atoms with Crippen LogP contribution in [0.2, 0.25) is 0 Å². The van der Waals surface area contributed by atoms with Gasteiger partial charge in [0.25, 0.3) is 6.71 Å². The molecule has 8 aromatic rings. The molecule has 70 heavy (non-hydrogen) atoms. The van der Waals surface area contributed by atoms with E-state index in [4.69, 9.17) is 0 Å². The molecule has 1 fully saturated rings. The highest BCUT2D eigenvalue weighted by Gasteiger charge is 2.63. The zero-order valence-electron chi connectivity index (χ0n) is 41.9. The van der Waals surface area contributed by atoms with Crippen molar-refractivity contribution < 1.29 is 0 Å². The van der Waals surface area contributed by atoms with Gasteiger partial charge in [0.1, 0.15) is 0 Å². The predicted octanol–water partition coefficient (Wildman–Crippen LogP) is 14.9. The smallest absolute Gasteiger partial charge is 0.252 e. The normalized spacial score (nSPS) is 24.3. The first-order chi connectivity index (χ1) is 33.8. The minimum atomic E-state index is -0.343. The molecule has 6 aliphatic rings. The Morgan fingerprint density at radius 3 is 1.87 bits per heavy atom. The molecule has 3 nitrogen and oxygen atoms in total. The fourth-order valence-corrected chi connectivity index (χ4v) is 15.1. The summed E-state index contributed by atoms with van der Waals surface area (Å²) >= 11 is 0. The van der Waals surface area contributed by atoms with Gasteiger partial charge in [-0.05, 0) is 148 Å². The minimum Gasteiger partial charge on any atom is -0.335 e. The summed E-state index contributed by atoms with van der Waals surface area (Å²) in [5.41, 5.74) is 25.1. The van der Waals surface area contributed by atoms with Crippen molar-refractivity contribution in [3.63, 3.8) is 0 Å². The largest absolute Gasteiger partial charge is 0.335 e. The Morgan fingerprint density at radius 2 is 1.11 bits per heavy atom. The zero-order valence-corrected chi connectivity index (χ0v) is 41.9. The van der Waals surface area contributed by atoms with Crippen molar-refractivity contribution >= 4 is 62.9 Å². The van der Waals surface area contributed by atoms with Gasteiger partial charge in [0.15, 0.2) is 0 Å². The highest BCUT2D eigenvalue weighted by molar-refractivity contribution is 7.00. The Kier molecular flexibility index (Phi) is 8.67. The number of anilines is 7. The number of rotatable bonds is 4. The molecule has 4 unspecified atom stereocenters. The van der Waals surface area contributed by atoms with E-state index in [9.17, 15) is 0 Å². The lowest BCUT2D eigenvalue weighted by Gasteiger charge is -2.54. The minimum absolute atomic E-state index is 0.0204. The van der Waals surface area contributed by atoms with Gasteiger partial charge in [-0.1, -0.05) is 187 Å². The molecule has 4 aliphatic heterocycles. The number of benzene rings is 8. The van der Waals surface area contributed by atoms with Crippen molar-refractivity contribution in [2.45, 2.75) is 114 Å². The van der Waals surface area contributed by atoms with Crippen LogP contribution in [0.5, 0.6) is 0 Å². The summed E-state index contributed by atoms with van der Waals surface area (Å²) in [7, 11) is 0. The fraction of sp³-hybridized carbons (Fsp3) is 0.273. The van der Waals surface area contributed by atoms with Gasteiger partial charge >= 0.3 is 0 Å². The summed E-state index contributed by atoms with van der Waals surface area (Å²) in [6.07, 6.45) is 7.01. The summed E-state index contributed by atoms with van der Waals surface area (Å²) in [6.45, 7) is 17.7. The molecular formula is C66H62BN3. The lowest BCUT2D eigenvalue weighted by Crippen LogP contribution is -2.64. The van der Waals surface area contributed by atoms with Gasteiger partial charge < -0.3 is 14.7 Å². The second kappa shape index (κ2) is 14.4. The van der Waals surface area contributed by atoms with Crippen LogP contribution < -0.4 is 31.1 Å². The van der Waals surface area contributed by atoms with E-state index in [2.05, 4.69) is 239 Å². The molecule has 0 aromatic heterocycles. The van der Waals surface area contributed by atoms with Crippen molar-refractivity contribution in [2.75, 3.05) is 14.7 Å². The highest BCUT2D eigenvalue weighted by Crippen LogP contribution is 2.66. The average Bonchev–Trinajstić information content (AvgIpc) is 3.73. The van der Waals surface area contributed by atoms with Crippen LogP contribution in [0.3, 0.4) is 0 Å². The average molecular weight is 908 g/mol.